The lowest BCUT2D eigenvalue weighted by molar-refractivity contribution is 0.238. The van der Waals surface area contributed by atoms with E-state index in [-0.39, 0.29) is 0 Å². The van der Waals surface area contributed by atoms with E-state index in [2.05, 4.69) is 4.98 Å². The van der Waals surface area contributed by atoms with Crippen molar-refractivity contribution in [1.29, 1.82) is 5.26 Å². The maximum absolute atomic E-state index is 9.33. The molecule has 0 saturated carbocycles. The van der Waals surface area contributed by atoms with Crippen LogP contribution in [0, 0.1) is 11.3 Å². The van der Waals surface area contributed by atoms with Crippen molar-refractivity contribution in [3.8, 4) is 6.07 Å². The molecule has 0 bridgehead atoms. The van der Waals surface area contributed by atoms with Crippen LogP contribution < -0.4 is 0 Å². The van der Waals surface area contributed by atoms with E-state index in [0.29, 0.717) is 5.56 Å². The van der Waals surface area contributed by atoms with E-state index in [4.69, 9.17) is 5.26 Å². The first-order valence-corrected chi connectivity index (χ1v) is 4.60. The summed E-state index contributed by atoms with van der Waals surface area (Å²) in [4.78, 5) is 4.97. The van der Waals surface area contributed by atoms with Gasteiger partial charge in [-0.05, 0) is 12.1 Å². The van der Waals surface area contributed by atoms with Crippen LogP contribution in [0.3, 0.4) is 0 Å². The van der Waals surface area contributed by atoms with Gasteiger partial charge in [-0.25, -0.2) is 4.98 Å². The smallest absolute Gasteiger partial charge is 0.167 e. The molecule has 1 atom stereocenters. The molecule has 0 aromatic carbocycles. The fourth-order valence-corrected chi connectivity index (χ4v) is 2.10. The lowest BCUT2D eigenvalue weighted by Gasteiger charge is -1.97. The summed E-state index contributed by atoms with van der Waals surface area (Å²) in [6.45, 7) is 0. The van der Waals surface area contributed by atoms with Gasteiger partial charge in [0.15, 0.2) is 6.10 Å². The summed E-state index contributed by atoms with van der Waals surface area (Å²) in [5.74, 6) is 0. The minimum Gasteiger partial charge on any atom is -0.374 e. The Morgan fingerprint density at radius 1 is 1.62 bits per heavy atom. The Hall–Kier alpha value is -1.44. The van der Waals surface area contributed by atoms with Crippen LogP contribution in [0.1, 0.15) is 11.7 Å². The molecule has 0 saturated heterocycles. The molecule has 0 amide bonds. The third kappa shape index (κ3) is 1.28. The summed E-state index contributed by atoms with van der Waals surface area (Å²) >= 11 is 1.44. The number of aliphatic hydroxyl groups is 1. The lowest BCUT2D eigenvalue weighted by Crippen LogP contribution is -1.90. The van der Waals surface area contributed by atoms with Crippen molar-refractivity contribution in [2.75, 3.05) is 0 Å². The average molecular weight is 190 g/mol. The third-order valence-corrected chi connectivity index (χ3v) is 2.72. The van der Waals surface area contributed by atoms with Gasteiger partial charge < -0.3 is 5.11 Å². The van der Waals surface area contributed by atoms with Crippen LogP contribution in [-0.4, -0.2) is 10.1 Å². The number of hydrogen-bond acceptors (Lipinski definition) is 4. The molecule has 1 N–H and O–H groups in total. The molecule has 0 radical (unpaired) electrons. The van der Waals surface area contributed by atoms with Gasteiger partial charge in [-0.2, -0.15) is 5.26 Å². The van der Waals surface area contributed by atoms with Crippen LogP contribution in [0.15, 0.2) is 23.7 Å². The quantitative estimate of drug-likeness (QED) is 0.698. The Labute approximate surface area is 78.9 Å². The van der Waals surface area contributed by atoms with Gasteiger partial charge in [-0.3, -0.25) is 0 Å². The monoisotopic (exact) mass is 190 g/mol. The first kappa shape index (κ1) is 8.17. The van der Waals surface area contributed by atoms with Crippen molar-refractivity contribution in [3.05, 3.63) is 29.3 Å². The molecular weight excluding hydrogens is 184 g/mol. The number of nitrogens with zero attached hydrogens (tertiary/aromatic N) is 2. The second kappa shape index (κ2) is 3.13. The highest BCUT2D eigenvalue weighted by Gasteiger charge is 2.11. The molecule has 64 valence electrons. The number of rotatable bonds is 1. The molecule has 1 unspecified atom stereocenters. The number of pyridine rings is 1. The highest BCUT2D eigenvalue weighted by atomic mass is 32.1. The summed E-state index contributed by atoms with van der Waals surface area (Å²) < 4.78 is 0. The predicted octanol–water partition coefficient (Wildman–Crippen LogP) is 1.85. The number of thiophene rings is 1. The van der Waals surface area contributed by atoms with Gasteiger partial charge in [-0.1, -0.05) is 0 Å². The molecule has 2 aromatic rings. The van der Waals surface area contributed by atoms with E-state index in [1.807, 2.05) is 6.07 Å². The normalized spacial score (nSPS) is 12.6. The standard InChI is InChI=1S/C9H6N2OS/c10-4-8(12)7-5-13-9-6(7)2-1-3-11-9/h1-3,5,8,12H. The Morgan fingerprint density at radius 3 is 3.23 bits per heavy atom. The fraction of sp³-hybridized carbons (Fsp3) is 0.111. The molecule has 0 spiro atoms. The van der Waals surface area contributed by atoms with Crippen LogP contribution in [-0.2, 0) is 0 Å². The predicted molar refractivity (Wildman–Crippen MR) is 50.2 cm³/mol. The molecule has 2 aromatic heterocycles. The van der Waals surface area contributed by atoms with Gasteiger partial charge in [0.2, 0.25) is 0 Å². The SMILES string of the molecule is N#CC(O)c1csc2ncccc12. The van der Waals surface area contributed by atoms with Crippen LogP contribution in [0.5, 0.6) is 0 Å². The molecule has 3 nitrogen and oxygen atoms in total. The molecular formula is C9H6N2OS. The number of aliphatic hydroxyl groups excluding tert-OH is 1. The van der Waals surface area contributed by atoms with E-state index in [0.717, 1.165) is 10.2 Å². The zero-order chi connectivity index (χ0) is 9.26. The number of hydrogen-bond donors (Lipinski definition) is 1. The Balaban J connectivity index is 2.66. The summed E-state index contributed by atoms with van der Waals surface area (Å²) in [7, 11) is 0. The van der Waals surface area contributed by atoms with E-state index < -0.39 is 6.10 Å². The molecule has 4 heteroatoms. The topological polar surface area (TPSA) is 56.9 Å². The maximum atomic E-state index is 9.33. The molecule has 0 fully saturated rings. The zero-order valence-corrected chi connectivity index (χ0v) is 7.45. The van der Waals surface area contributed by atoms with Crippen LogP contribution in [0.4, 0.5) is 0 Å². The first-order chi connectivity index (χ1) is 6.33. The molecule has 2 heterocycles. The van der Waals surface area contributed by atoms with Crippen molar-refractivity contribution >= 4 is 21.6 Å². The Kier molecular flexibility index (Phi) is 1.97. The average Bonchev–Trinajstić information content (AvgIpc) is 2.60. The van der Waals surface area contributed by atoms with E-state index >= 15 is 0 Å². The number of fused-ring (bicyclic) bond motifs is 1. The summed E-state index contributed by atoms with van der Waals surface area (Å²) in [6, 6.07) is 5.44. The minimum atomic E-state index is -1.04. The van der Waals surface area contributed by atoms with Gasteiger partial charge in [-0.15, -0.1) is 11.3 Å². The third-order valence-electron chi connectivity index (χ3n) is 1.80. The van der Waals surface area contributed by atoms with Crippen LogP contribution >= 0.6 is 11.3 Å². The second-order valence-corrected chi connectivity index (χ2v) is 3.44. The maximum Gasteiger partial charge on any atom is 0.167 e. The Bertz CT molecular complexity index is 472. The summed E-state index contributed by atoms with van der Waals surface area (Å²) in [5, 5.41) is 20.5. The first-order valence-electron chi connectivity index (χ1n) is 3.72. The summed E-state index contributed by atoms with van der Waals surface area (Å²) in [6.07, 6.45) is 0.652. The van der Waals surface area contributed by atoms with E-state index in [1.165, 1.54) is 11.3 Å². The minimum absolute atomic E-state index is 0.649. The largest absolute Gasteiger partial charge is 0.374 e. The van der Waals surface area contributed by atoms with Gasteiger partial charge >= 0.3 is 0 Å². The summed E-state index contributed by atoms with van der Waals surface area (Å²) in [5.41, 5.74) is 0.649. The molecule has 2 rings (SSSR count). The van der Waals surface area contributed by atoms with Crippen molar-refractivity contribution in [1.82, 2.24) is 4.98 Å². The highest BCUT2D eigenvalue weighted by Crippen LogP contribution is 2.28. The van der Waals surface area contributed by atoms with E-state index in [1.54, 1.807) is 23.7 Å². The fourth-order valence-electron chi connectivity index (χ4n) is 1.17. The Morgan fingerprint density at radius 2 is 2.46 bits per heavy atom. The van der Waals surface area contributed by atoms with Gasteiger partial charge in [0.1, 0.15) is 4.83 Å². The highest BCUT2D eigenvalue weighted by molar-refractivity contribution is 7.16. The van der Waals surface area contributed by atoms with Gasteiger partial charge in [0.05, 0.1) is 6.07 Å². The molecule has 0 aliphatic rings. The molecule has 0 aliphatic heterocycles. The molecule has 0 aliphatic carbocycles. The second-order valence-electron chi connectivity index (χ2n) is 2.58. The van der Waals surface area contributed by atoms with Gasteiger partial charge in [0, 0.05) is 22.5 Å². The van der Waals surface area contributed by atoms with Crippen LogP contribution in [0.2, 0.25) is 0 Å². The lowest BCUT2D eigenvalue weighted by atomic mass is 10.1. The van der Waals surface area contributed by atoms with Crippen molar-refractivity contribution in [3.63, 3.8) is 0 Å². The van der Waals surface area contributed by atoms with Crippen LogP contribution in [0.25, 0.3) is 10.2 Å². The van der Waals surface area contributed by atoms with E-state index in [9.17, 15) is 5.11 Å². The molecule has 13 heavy (non-hydrogen) atoms. The van der Waals surface area contributed by atoms with Gasteiger partial charge in [0.25, 0.3) is 0 Å². The number of aromatic nitrogens is 1. The van der Waals surface area contributed by atoms with Crippen molar-refractivity contribution in [2.45, 2.75) is 6.10 Å². The number of nitriles is 1. The van der Waals surface area contributed by atoms with Crippen molar-refractivity contribution in [2.24, 2.45) is 0 Å². The van der Waals surface area contributed by atoms with Crippen molar-refractivity contribution < 1.29 is 5.11 Å². The zero-order valence-electron chi connectivity index (χ0n) is 6.64.